The Bertz CT molecular complexity index is 1780. The molecule has 0 bridgehead atoms. The molecule has 5 nitrogen and oxygen atoms in total. The molecule has 206 valence electrons. The molecule has 0 N–H and O–H groups in total. The highest BCUT2D eigenvalue weighted by atomic mass is 19.4. The van der Waals surface area contributed by atoms with Crippen molar-refractivity contribution in [1.29, 1.82) is 0 Å². The number of aryl methyl sites for hydroxylation is 1. The number of alkyl halides is 3. The van der Waals surface area contributed by atoms with Crippen LogP contribution in [0.25, 0.3) is 16.6 Å². The summed E-state index contributed by atoms with van der Waals surface area (Å²) in [5, 5.41) is 5.49. The average Bonchev–Trinajstić information content (AvgIpc) is 3.22. The third kappa shape index (κ3) is 4.02. The Morgan fingerprint density at radius 3 is 2.41 bits per heavy atom. The van der Waals surface area contributed by atoms with Crippen molar-refractivity contribution in [1.82, 2.24) is 19.7 Å². The first kappa shape index (κ1) is 25.4. The SMILES string of the molecule is Cc1cc2c(cnn2-c2ccc(F)cc2)cc1[C@@]12CN(C(=O)c3ccc(C(F)(F)F)cn3)C[C@@H]1[C@H]2c1ccccc1. The van der Waals surface area contributed by atoms with Crippen molar-refractivity contribution >= 4 is 16.8 Å². The van der Waals surface area contributed by atoms with Crippen LogP contribution < -0.4 is 0 Å². The van der Waals surface area contributed by atoms with Crippen LogP contribution in [0.2, 0.25) is 0 Å². The highest BCUT2D eigenvalue weighted by molar-refractivity contribution is 5.93. The number of rotatable bonds is 4. The Morgan fingerprint density at radius 1 is 0.976 bits per heavy atom. The number of hydrogen-bond acceptors (Lipinski definition) is 3. The van der Waals surface area contributed by atoms with Crippen LogP contribution in [0.3, 0.4) is 0 Å². The molecule has 1 saturated carbocycles. The highest BCUT2D eigenvalue weighted by Gasteiger charge is 2.71. The molecule has 9 heteroatoms. The number of nitrogens with zero attached hydrogens (tertiary/aromatic N) is 4. The van der Waals surface area contributed by atoms with E-state index in [4.69, 9.17) is 0 Å². The van der Waals surface area contributed by atoms with E-state index in [1.807, 2.05) is 25.1 Å². The first-order valence-corrected chi connectivity index (χ1v) is 13.3. The van der Waals surface area contributed by atoms with E-state index < -0.39 is 11.7 Å². The van der Waals surface area contributed by atoms with Crippen molar-refractivity contribution in [3.05, 3.63) is 125 Å². The molecule has 3 heterocycles. The van der Waals surface area contributed by atoms with Crippen LogP contribution in [-0.2, 0) is 11.6 Å². The Hall–Kier alpha value is -4.53. The van der Waals surface area contributed by atoms with Crippen molar-refractivity contribution < 1.29 is 22.4 Å². The number of halogens is 4. The molecule has 5 aromatic rings. The van der Waals surface area contributed by atoms with Crippen LogP contribution in [0.5, 0.6) is 0 Å². The third-order valence-corrected chi connectivity index (χ3v) is 8.62. The average molecular weight is 557 g/mol. The van der Waals surface area contributed by atoms with Crippen molar-refractivity contribution in [3.63, 3.8) is 0 Å². The fourth-order valence-electron chi connectivity index (χ4n) is 6.74. The second-order valence-electron chi connectivity index (χ2n) is 10.9. The Morgan fingerprint density at radius 2 is 1.73 bits per heavy atom. The summed E-state index contributed by atoms with van der Waals surface area (Å²) < 4.78 is 54.4. The van der Waals surface area contributed by atoms with Gasteiger partial charge in [0.1, 0.15) is 11.5 Å². The van der Waals surface area contributed by atoms with E-state index in [0.29, 0.717) is 19.3 Å². The zero-order chi connectivity index (χ0) is 28.5. The van der Waals surface area contributed by atoms with E-state index in [1.165, 1.54) is 17.7 Å². The number of pyridine rings is 1. The van der Waals surface area contributed by atoms with E-state index in [2.05, 4.69) is 34.3 Å². The molecule has 0 unspecified atom stereocenters. The Labute approximate surface area is 233 Å². The van der Waals surface area contributed by atoms with E-state index in [-0.39, 0.29) is 34.7 Å². The molecule has 0 radical (unpaired) electrons. The monoisotopic (exact) mass is 556 g/mol. The van der Waals surface area contributed by atoms with Gasteiger partial charge in [0, 0.05) is 36.0 Å². The lowest BCUT2D eigenvalue weighted by Crippen LogP contribution is -2.35. The van der Waals surface area contributed by atoms with Gasteiger partial charge >= 0.3 is 6.18 Å². The first-order valence-electron chi connectivity index (χ1n) is 13.3. The van der Waals surface area contributed by atoms with Gasteiger partial charge in [-0.25, -0.2) is 9.07 Å². The molecule has 1 aliphatic carbocycles. The van der Waals surface area contributed by atoms with Crippen LogP contribution in [0.1, 0.15) is 38.7 Å². The molecule has 3 atom stereocenters. The molecular weight excluding hydrogens is 532 g/mol. The summed E-state index contributed by atoms with van der Waals surface area (Å²) in [7, 11) is 0. The molecule has 2 aromatic heterocycles. The summed E-state index contributed by atoms with van der Waals surface area (Å²) in [5.74, 6) is -0.357. The minimum absolute atomic E-state index is 0.00143. The maximum absolute atomic E-state index is 13.5. The standard InChI is InChI=1S/C32H24F4N4O/c1-19-13-28-21(15-38-40(28)24-10-8-23(33)9-11-24)14-25(19)31-18-39(17-26(31)29(31)20-5-3-2-4-6-20)30(41)27-12-7-22(16-37-27)32(34,35)36/h2-16,26,29H,17-18H2,1H3/t26-,29-,31+/m1/s1. The molecule has 2 fully saturated rings. The second kappa shape index (κ2) is 8.99. The summed E-state index contributed by atoms with van der Waals surface area (Å²) in [6, 6.07) is 22.6. The number of carbonyl (C=O) groups is 1. The van der Waals surface area contributed by atoms with Gasteiger partial charge in [0.05, 0.1) is 23.0 Å². The summed E-state index contributed by atoms with van der Waals surface area (Å²) >= 11 is 0. The first-order chi connectivity index (χ1) is 19.7. The maximum Gasteiger partial charge on any atom is 0.417 e. The minimum atomic E-state index is -4.52. The highest BCUT2D eigenvalue weighted by Crippen LogP contribution is 2.69. The van der Waals surface area contributed by atoms with Crippen molar-refractivity contribution in [3.8, 4) is 5.69 Å². The summed E-state index contributed by atoms with van der Waals surface area (Å²) in [4.78, 5) is 19.0. The van der Waals surface area contributed by atoms with Gasteiger partial charge in [-0.3, -0.25) is 9.78 Å². The van der Waals surface area contributed by atoms with E-state index in [1.54, 1.807) is 27.9 Å². The number of aromatic nitrogens is 3. The number of benzene rings is 3. The van der Waals surface area contributed by atoms with Gasteiger partial charge in [-0.15, -0.1) is 0 Å². The Kier molecular flexibility index (Phi) is 5.58. The van der Waals surface area contributed by atoms with Crippen molar-refractivity contribution in [2.45, 2.75) is 24.4 Å². The number of hydrogen-bond donors (Lipinski definition) is 0. The number of likely N-dealkylation sites (tertiary alicyclic amines) is 1. The molecule has 2 aliphatic rings. The second-order valence-corrected chi connectivity index (χ2v) is 10.9. The molecule has 1 saturated heterocycles. The van der Waals surface area contributed by atoms with Gasteiger partial charge in [0.2, 0.25) is 0 Å². The fourth-order valence-corrected chi connectivity index (χ4v) is 6.74. The van der Waals surface area contributed by atoms with E-state index >= 15 is 0 Å². The van der Waals surface area contributed by atoms with Gasteiger partial charge in [-0.05, 0) is 78.1 Å². The van der Waals surface area contributed by atoms with Gasteiger partial charge in [0.25, 0.3) is 5.91 Å². The zero-order valence-electron chi connectivity index (χ0n) is 21.9. The van der Waals surface area contributed by atoms with Gasteiger partial charge in [0.15, 0.2) is 0 Å². The zero-order valence-corrected chi connectivity index (χ0v) is 21.9. The largest absolute Gasteiger partial charge is 0.417 e. The van der Waals surface area contributed by atoms with Crippen LogP contribution >= 0.6 is 0 Å². The predicted octanol–water partition coefficient (Wildman–Crippen LogP) is 6.69. The van der Waals surface area contributed by atoms with Gasteiger partial charge in [-0.1, -0.05) is 30.3 Å². The Balaban J connectivity index is 1.26. The predicted molar refractivity (Wildman–Crippen MR) is 145 cm³/mol. The van der Waals surface area contributed by atoms with Crippen LogP contribution in [0.15, 0.2) is 91.3 Å². The number of fused-ring (bicyclic) bond motifs is 2. The number of piperidine rings is 1. The lowest BCUT2D eigenvalue weighted by atomic mass is 9.86. The lowest BCUT2D eigenvalue weighted by Gasteiger charge is -2.25. The number of carbonyl (C=O) groups excluding carboxylic acids is 1. The quantitative estimate of drug-likeness (QED) is 0.232. The van der Waals surface area contributed by atoms with Gasteiger partial charge in [-0.2, -0.15) is 18.3 Å². The summed E-state index contributed by atoms with van der Waals surface area (Å²) in [6.45, 7) is 2.95. The van der Waals surface area contributed by atoms with Crippen LogP contribution in [0, 0.1) is 18.7 Å². The lowest BCUT2D eigenvalue weighted by molar-refractivity contribution is -0.137. The molecule has 1 amide bonds. The fraction of sp³-hybridized carbons (Fsp3) is 0.219. The topological polar surface area (TPSA) is 51.0 Å². The van der Waals surface area contributed by atoms with Crippen LogP contribution in [0.4, 0.5) is 17.6 Å². The molecule has 41 heavy (non-hydrogen) atoms. The summed E-state index contributed by atoms with van der Waals surface area (Å²) in [5.41, 5.74) is 3.77. The molecule has 7 rings (SSSR count). The van der Waals surface area contributed by atoms with E-state index in [0.717, 1.165) is 39.8 Å². The summed E-state index contributed by atoms with van der Waals surface area (Å²) in [6.07, 6.45) is -2.02. The maximum atomic E-state index is 13.5. The number of amides is 1. The minimum Gasteiger partial charge on any atom is -0.336 e. The van der Waals surface area contributed by atoms with Gasteiger partial charge < -0.3 is 4.90 Å². The van der Waals surface area contributed by atoms with E-state index in [9.17, 15) is 22.4 Å². The van der Waals surface area contributed by atoms with Crippen molar-refractivity contribution in [2.24, 2.45) is 5.92 Å². The molecular formula is C32H24F4N4O. The molecule has 1 aliphatic heterocycles. The molecule has 3 aromatic carbocycles. The normalized spacial score (nSPS) is 21.7. The molecule has 0 spiro atoms. The van der Waals surface area contributed by atoms with Crippen molar-refractivity contribution in [2.75, 3.05) is 13.1 Å². The van der Waals surface area contributed by atoms with Crippen LogP contribution in [-0.4, -0.2) is 38.7 Å². The third-order valence-electron chi connectivity index (χ3n) is 8.62. The smallest absolute Gasteiger partial charge is 0.336 e.